The van der Waals surface area contributed by atoms with Crippen molar-refractivity contribution in [3.05, 3.63) is 36.1 Å². The van der Waals surface area contributed by atoms with Gasteiger partial charge < -0.3 is 14.3 Å². The third kappa shape index (κ3) is 1.35. The zero-order chi connectivity index (χ0) is 10.3. The van der Waals surface area contributed by atoms with E-state index in [9.17, 15) is 5.11 Å². The molecule has 2 heterocycles. The van der Waals surface area contributed by atoms with Crippen molar-refractivity contribution in [1.29, 1.82) is 0 Å². The Labute approximate surface area is 87.3 Å². The van der Waals surface area contributed by atoms with Crippen LogP contribution in [0.3, 0.4) is 0 Å². The summed E-state index contributed by atoms with van der Waals surface area (Å²) in [4.78, 5) is 0. The summed E-state index contributed by atoms with van der Waals surface area (Å²) >= 11 is 0. The summed E-state index contributed by atoms with van der Waals surface area (Å²) in [6.07, 6.45) is 0.604. The van der Waals surface area contributed by atoms with Gasteiger partial charge in [0, 0.05) is 11.8 Å². The third-order valence-electron chi connectivity index (χ3n) is 2.88. The molecule has 2 aromatic rings. The Balaban J connectivity index is 2.11. The van der Waals surface area contributed by atoms with Crippen molar-refractivity contribution >= 4 is 11.0 Å². The number of ether oxygens (including phenoxy) is 1. The maximum absolute atomic E-state index is 10.2. The van der Waals surface area contributed by atoms with Crippen molar-refractivity contribution in [3.63, 3.8) is 0 Å². The van der Waals surface area contributed by atoms with E-state index >= 15 is 0 Å². The van der Waals surface area contributed by atoms with Gasteiger partial charge in [0.15, 0.2) is 0 Å². The van der Waals surface area contributed by atoms with Crippen LogP contribution < -0.4 is 0 Å². The molecule has 1 atom stereocenters. The number of benzene rings is 1. The van der Waals surface area contributed by atoms with E-state index in [0.717, 1.165) is 11.0 Å². The summed E-state index contributed by atoms with van der Waals surface area (Å²) in [5.41, 5.74) is -0.119. The number of hydrogen-bond donors (Lipinski definition) is 1. The zero-order valence-corrected chi connectivity index (χ0v) is 8.27. The Morgan fingerprint density at radius 2 is 2.13 bits per heavy atom. The average Bonchev–Trinajstić information content (AvgIpc) is 2.84. The summed E-state index contributed by atoms with van der Waals surface area (Å²) in [7, 11) is 0. The second-order valence-electron chi connectivity index (χ2n) is 3.98. The Morgan fingerprint density at radius 1 is 1.27 bits per heavy atom. The van der Waals surface area contributed by atoms with E-state index in [4.69, 9.17) is 9.15 Å². The van der Waals surface area contributed by atoms with Crippen molar-refractivity contribution in [2.75, 3.05) is 13.2 Å². The lowest BCUT2D eigenvalue weighted by molar-refractivity contribution is 0.00579. The summed E-state index contributed by atoms with van der Waals surface area (Å²) in [6.45, 7) is 0.917. The summed E-state index contributed by atoms with van der Waals surface area (Å²) in [5, 5.41) is 11.3. The SMILES string of the molecule is OC1(c2cc3ccccc3o2)CCOC1. The Morgan fingerprint density at radius 3 is 2.87 bits per heavy atom. The van der Waals surface area contributed by atoms with Crippen molar-refractivity contribution in [3.8, 4) is 0 Å². The van der Waals surface area contributed by atoms with Crippen LogP contribution in [0.25, 0.3) is 11.0 Å². The molecule has 1 fully saturated rings. The van der Waals surface area contributed by atoms with Crippen molar-refractivity contribution in [1.82, 2.24) is 0 Å². The van der Waals surface area contributed by atoms with E-state index in [1.807, 2.05) is 30.3 Å². The molecule has 1 saturated heterocycles. The van der Waals surface area contributed by atoms with E-state index in [0.29, 0.717) is 25.4 Å². The number of para-hydroxylation sites is 1. The van der Waals surface area contributed by atoms with Gasteiger partial charge in [-0.25, -0.2) is 0 Å². The smallest absolute Gasteiger partial charge is 0.147 e. The summed E-state index contributed by atoms with van der Waals surface area (Å²) < 4.78 is 10.8. The topological polar surface area (TPSA) is 42.6 Å². The molecule has 1 unspecified atom stereocenters. The van der Waals surface area contributed by atoms with Gasteiger partial charge in [0.2, 0.25) is 0 Å². The quantitative estimate of drug-likeness (QED) is 0.773. The maximum Gasteiger partial charge on any atom is 0.147 e. The number of hydrogen-bond acceptors (Lipinski definition) is 3. The number of rotatable bonds is 1. The fraction of sp³-hybridized carbons (Fsp3) is 0.333. The molecule has 0 spiro atoms. The van der Waals surface area contributed by atoms with Gasteiger partial charge in [-0.15, -0.1) is 0 Å². The van der Waals surface area contributed by atoms with Crippen LogP contribution in [0, 0.1) is 0 Å². The first kappa shape index (κ1) is 8.95. The predicted molar refractivity (Wildman–Crippen MR) is 55.5 cm³/mol. The molecular weight excluding hydrogens is 192 g/mol. The van der Waals surface area contributed by atoms with E-state index < -0.39 is 5.60 Å². The van der Waals surface area contributed by atoms with Gasteiger partial charge in [-0.05, 0) is 12.1 Å². The molecule has 1 N–H and O–H groups in total. The molecule has 3 nitrogen and oxygen atoms in total. The van der Waals surface area contributed by atoms with Crippen molar-refractivity contribution in [2.24, 2.45) is 0 Å². The molecule has 0 bridgehead atoms. The minimum atomic E-state index is -0.932. The fourth-order valence-corrected chi connectivity index (χ4v) is 1.96. The molecule has 1 aromatic heterocycles. The van der Waals surface area contributed by atoms with E-state index in [2.05, 4.69) is 0 Å². The van der Waals surface area contributed by atoms with Crippen LogP contribution in [0.1, 0.15) is 12.2 Å². The predicted octanol–water partition coefficient (Wildman–Crippen LogP) is 2.04. The lowest BCUT2D eigenvalue weighted by Gasteiger charge is -2.16. The van der Waals surface area contributed by atoms with Gasteiger partial charge in [0.1, 0.15) is 16.9 Å². The van der Waals surface area contributed by atoms with E-state index in [1.54, 1.807) is 0 Å². The third-order valence-corrected chi connectivity index (χ3v) is 2.88. The second-order valence-corrected chi connectivity index (χ2v) is 3.98. The highest BCUT2D eigenvalue weighted by atomic mass is 16.5. The van der Waals surface area contributed by atoms with Crippen LogP contribution in [0.2, 0.25) is 0 Å². The molecule has 0 aliphatic carbocycles. The minimum Gasteiger partial charge on any atom is -0.458 e. The first-order valence-corrected chi connectivity index (χ1v) is 5.07. The van der Waals surface area contributed by atoms with Crippen LogP contribution in [-0.4, -0.2) is 18.3 Å². The Bertz CT molecular complexity index is 447. The van der Waals surface area contributed by atoms with E-state index in [-0.39, 0.29) is 0 Å². The van der Waals surface area contributed by atoms with Gasteiger partial charge in [-0.2, -0.15) is 0 Å². The highest BCUT2D eigenvalue weighted by molar-refractivity contribution is 5.77. The fourth-order valence-electron chi connectivity index (χ4n) is 1.96. The summed E-state index contributed by atoms with van der Waals surface area (Å²) in [5.74, 6) is 0.612. The number of aliphatic hydroxyl groups is 1. The highest BCUT2D eigenvalue weighted by Crippen LogP contribution is 2.33. The van der Waals surface area contributed by atoms with Gasteiger partial charge >= 0.3 is 0 Å². The van der Waals surface area contributed by atoms with E-state index in [1.165, 1.54) is 0 Å². The normalized spacial score (nSPS) is 26.2. The molecule has 3 rings (SSSR count). The van der Waals surface area contributed by atoms with Gasteiger partial charge in [0.05, 0.1) is 13.2 Å². The average molecular weight is 204 g/mol. The summed E-state index contributed by atoms with van der Waals surface area (Å²) in [6, 6.07) is 9.64. The van der Waals surface area contributed by atoms with Crippen LogP contribution in [0.15, 0.2) is 34.7 Å². The molecule has 3 heteroatoms. The van der Waals surface area contributed by atoms with Gasteiger partial charge in [0.25, 0.3) is 0 Å². The van der Waals surface area contributed by atoms with Crippen molar-refractivity contribution in [2.45, 2.75) is 12.0 Å². The molecular formula is C12H12O3. The standard InChI is InChI=1S/C12H12O3/c13-12(5-6-14-8-12)11-7-9-3-1-2-4-10(9)15-11/h1-4,7,13H,5-6,8H2. The Kier molecular flexibility index (Phi) is 1.84. The van der Waals surface area contributed by atoms with Crippen LogP contribution in [-0.2, 0) is 10.3 Å². The highest BCUT2D eigenvalue weighted by Gasteiger charge is 2.37. The van der Waals surface area contributed by atoms with Crippen LogP contribution in [0.5, 0.6) is 0 Å². The van der Waals surface area contributed by atoms with Crippen molar-refractivity contribution < 1.29 is 14.3 Å². The lowest BCUT2D eigenvalue weighted by Crippen LogP contribution is -2.24. The molecule has 0 saturated carbocycles. The largest absolute Gasteiger partial charge is 0.458 e. The molecule has 1 aliphatic rings. The van der Waals surface area contributed by atoms with Gasteiger partial charge in [-0.1, -0.05) is 18.2 Å². The zero-order valence-electron chi connectivity index (χ0n) is 8.27. The number of furan rings is 1. The number of fused-ring (bicyclic) bond motifs is 1. The lowest BCUT2D eigenvalue weighted by atomic mass is 10.0. The minimum absolute atomic E-state index is 0.326. The molecule has 1 aromatic carbocycles. The molecule has 0 amide bonds. The molecule has 78 valence electrons. The first-order valence-electron chi connectivity index (χ1n) is 5.07. The Hall–Kier alpha value is -1.32. The maximum atomic E-state index is 10.2. The monoisotopic (exact) mass is 204 g/mol. The first-order chi connectivity index (χ1) is 7.28. The molecule has 0 radical (unpaired) electrons. The van der Waals surface area contributed by atoms with Gasteiger partial charge in [-0.3, -0.25) is 0 Å². The molecule has 15 heavy (non-hydrogen) atoms. The molecule has 1 aliphatic heterocycles. The second kappa shape index (κ2) is 3.08. The van der Waals surface area contributed by atoms with Crippen LogP contribution >= 0.6 is 0 Å². The van der Waals surface area contributed by atoms with Crippen LogP contribution in [0.4, 0.5) is 0 Å².